The van der Waals surface area contributed by atoms with E-state index in [-0.39, 0.29) is 46.6 Å². The Morgan fingerprint density at radius 2 is 2.00 bits per heavy atom. The average Bonchev–Trinajstić information content (AvgIpc) is 3.13. The first-order valence-corrected chi connectivity index (χ1v) is 12.2. The van der Waals surface area contributed by atoms with E-state index in [1.165, 1.54) is 45.6 Å². The zero-order chi connectivity index (χ0) is 24.2. The fraction of sp³-hybridized carbons (Fsp3) is 0.381. The second-order valence-electron chi connectivity index (χ2n) is 7.35. The highest BCUT2D eigenvalue weighted by atomic mass is 32.2. The molecule has 1 heterocycles. The van der Waals surface area contributed by atoms with Crippen molar-refractivity contribution in [3.05, 3.63) is 42.5 Å². The van der Waals surface area contributed by atoms with Crippen molar-refractivity contribution in [2.45, 2.75) is 37.1 Å². The van der Waals surface area contributed by atoms with E-state index in [1.807, 2.05) is 6.92 Å². The molecule has 2 aromatic carbocycles. The van der Waals surface area contributed by atoms with Crippen molar-refractivity contribution in [3.8, 4) is 11.5 Å². The highest BCUT2D eigenvalue weighted by molar-refractivity contribution is 7.92. The highest BCUT2D eigenvalue weighted by Crippen LogP contribution is 2.32. The summed E-state index contributed by atoms with van der Waals surface area (Å²) < 4.78 is 69.8. The summed E-state index contributed by atoms with van der Waals surface area (Å²) in [5.41, 5.74) is 0.399. The number of anilines is 2. The van der Waals surface area contributed by atoms with Gasteiger partial charge >= 0.3 is 5.85 Å². The van der Waals surface area contributed by atoms with Crippen LogP contribution in [-0.4, -0.2) is 39.5 Å². The fourth-order valence-corrected chi connectivity index (χ4v) is 4.69. The lowest BCUT2D eigenvalue weighted by Gasteiger charge is -2.17. The van der Waals surface area contributed by atoms with E-state index >= 15 is 0 Å². The van der Waals surface area contributed by atoms with Gasteiger partial charge in [-0.2, -0.15) is 8.78 Å². The molecule has 0 aromatic heterocycles. The topological polar surface area (TPSA) is 103 Å². The highest BCUT2D eigenvalue weighted by Gasteiger charge is 2.31. The zero-order valence-corrected chi connectivity index (χ0v) is 20.0. The lowest BCUT2D eigenvalue weighted by Crippen LogP contribution is -2.27. The Morgan fingerprint density at radius 1 is 1.24 bits per heavy atom. The third-order valence-corrected chi connectivity index (χ3v) is 6.39. The van der Waals surface area contributed by atoms with Crippen LogP contribution in [0.4, 0.5) is 20.2 Å². The molecule has 8 nitrogen and oxygen atoms in total. The molecule has 1 aliphatic rings. The van der Waals surface area contributed by atoms with Crippen LogP contribution < -0.4 is 19.5 Å². The smallest absolute Gasteiger partial charge is 0.408 e. The van der Waals surface area contributed by atoms with Crippen molar-refractivity contribution in [1.82, 2.24) is 0 Å². The van der Waals surface area contributed by atoms with Crippen LogP contribution in [-0.2, 0) is 19.6 Å². The lowest BCUT2D eigenvalue weighted by molar-refractivity contribution is -0.121. The number of carbonyl (C=O) groups is 1. The van der Waals surface area contributed by atoms with Gasteiger partial charge in [0, 0.05) is 24.4 Å². The van der Waals surface area contributed by atoms with Crippen molar-refractivity contribution in [2.24, 2.45) is 5.92 Å². The molecule has 0 spiro atoms. The lowest BCUT2D eigenvalue weighted by atomic mass is 10.0. The number of alkyl halides is 2. The van der Waals surface area contributed by atoms with Crippen molar-refractivity contribution >= 4 is 36.5 Å². The number of sulfonamides is 1. The molecule has 1 saturated heterocycles. The van der Waals surface area contributed by atoms with Gasteiger partial charge in [0.05, 0.1) is 24.3 Å². The summed E-state index contributed by atoms with van der Waals surface area (Å²) in [6, 6.07) is 9.35. The van der Waals surface area contributed by atoms with Crippen LogP contribution in [0, 0.1) is 5.92 Å². The Balaban J connectivity index is 1.82. The largest absolute Gasteiger partial charge is 0.492 e. The maximum Gasteiger partial charge on any atom is 0.408 e. The van der Waals surface area contributed by atoms with Crippen LogP contribution in [0.1, 0.15) is 20.3 Å². The van der Waals surface area contributed by atoms with Crippen LogP contribution in [0.5, 0.6) is 11.5 Å². The first-order valence-electron chi connectivity index (χ1n) is 10.2. The third-order valence-electron chi connectivity index (χ3n) is 4.85. The Hall–Kier alpha value is -2.49. The summed E-state index contributed by atoms with van der Waals surface area (Å²) in [5, 5.41) is 2.77. The fourth-order valence-electron chi connectivity index (χ4n) is 3.38. The summed E-state index contributed by atoms with van der Waals surface area (Å²) in [4.78, 5) is 12.3. The van der Waals surface area contributed by atoms with Crippen LogP contribution in [0.3, 0.4) is 0 Å². The number of hydrogen-bond donors (Lipinski definition) is 2. The minimum absolute atomic E-state index is 0.0248. The molecular weight excluding hydrogens is 477 g/mol. The van der Waals surface area contributed by atoms with Gasteiger partial charge in [0.15, 0.2) is 0 Å². The maximum atomic E-state index is 13.1. The number of rotatable bonds is 9. The number of ether oxygens (including phenoxy) is 3. The molecule has 1 fully saturated rings. The number of carbonyl (C=O) groups excluding carboxylic acids is 1. The van der Waals surface area contributed by atoms with Gasteiger partial charge < -0.3 is 19.5 Å². The van der Waals surface area contributed by atoms with Crippen LogP contribution in [0.15, 0.2) is 47.4 Å². The summed E-state index contributed by atoms with van der Waals surface area (Å²) in [6.07, 6.45) is 0.402. The molecule has 1 amide bonds. The number of hydrogen-bond acceptors (Lipinski definition) is 6. The molecular formula is C21H25F2N2O6PS. The van der Waals surface area contributed by atoms with E-state index in [4.69, 9.17) is 9.47 Å². The Bertz CT molecular complexity index is 1110. The van der Waals surface area contributed by atoms with E-state index < -0.39 is 15.9 Å². The van der Waals surface area contributed by atoms with Crippen molar-refractivity contribution in [2.75, 3.05) is 23.3 Å². The molecule has 33 heavy (non-hydrogen) atoms. The van der Waals surface area contributed by atoms with Crippen LogP contribution >= 0.6 is 9.24 Å². The second-order valence-corrected chi connectivity index (χ2v) is 9.68. The minimum Gasteiger partial charge on any atom is -0.492 e. The molecule has 0 radical (unpaired) electrons. The van der Waals surface area contributed by atoms with Crippen molar-refractivity contribution in [1.29, 1.82) is 0 Å². The quantitative estimate of drug-likeness (QED) is 0.502. The molecule has 180 valence electrons. The van der Waals surface area contributed by atoms with Gasteiger partial charge in [-0.15, -0.1) is 0 Å². The number of amides is 1. The molecule has 3 atom stereocenters. The SMILES string of the molecule is CCOc1cc(NC(=O)C2CCO[C@@H]2C)ccc1S(=O)(=O)Nc1cccc(OC(F)(F)P)c1. The molecule has 2 unspecified atom stereocenters. The van der Waals surface area contributed by atoms with Gasteiger partial charge in [-0.1, -0.05) is 6.07 Å². The van der Waals surface area contributed by atoms with Crippen molar-refractivity contribution in [3.63, 3.8) is 0 Å². The van der Waals surface area contributed by atoms with Gasteiger partial charge in [0.25, 0.3) is 10.0 Å². The van der Waals surface area contributed by atoms with E-state index in [0.717, 1.165) is 6.07 Å². The van der Waals surface area contributed by atoms with Crippen LogP contribution in [0.2, 0.25) is 0 Å². The zero-order valence-electron chi connectivity index (χ0n) is 18.0. The Kier molecular flexibility index (Phi) is 7.76. The normalized spacial score (nSPS) is 18.6. The van der Waals surface area contributed by atoms with Gasteiger partial charge in [-0.25, -0.2) is 8.42 Å². The van der Waals surface area contributed by atoms with Gasteiger partial charge in [0.1, 0.15) is 16.4 Å². The molecule has 0 saturated carbocycles. The second kappa shape index (κ2) is 10.2. The molecule has 12 heteroatoms. The van der Waals surface area contributed by atoms with Crippen molar-refractivity contribution < 1.29 is 36.2 Å². The Labute approximate surface area is 193 Å². The summed E-state index contributed by atoms with van der Waals surface area (Å²) in [5.74, 6) is -4.21. The number of nitrogens with one attached hydrogen (secondary N) is 2. The maximum absolute atomic E-state index is 13.1. The standard InChI is InChI=1S/C21H25F2N2O6PS/c1-3-29-18-12-14(24-20(26)17-9-10-30-13(17)2)7-8-19(18)33(27,28)25-15-5-4-6-16(11-15)31-21(22,23)32/h4-8,11-13,17,25H,3,9-10,32H2,1-2H3,(H,24,26)/t13-,17?/m1/s1. The average molecular weight is 502 g/mol. The van der Waals surface area contributed by atoms with E-state index in [1.54, 1.807) is 6.92 Å². The van der Waals surface area contributed by atoms with E-state index in [2.05, 4.69) is 14.8 Å². The molecule has 0 aliphatic carbocycles. The minimum atomic E-state index is -4.15. The van der Waals surface area contributed by atoms with E-state index in [9.17, 15) is 22.0 Å². The van der Waals surface area contributed by atoms with Gasteiger partial charge in [0.2, 0.25) is 5.91 Å². The predicted molar refractivity (Wildman–Crippen MR) is 122 cm³/mol. The number of benzene rings is 2. The monoisotopic (exact) mass is 502 g/mol. The van der Waals surface area contributed by atoms with E-state index in [0.29, 0.717) is 18.7 Å². The van der Waals surface area contributed by atoms with Crippen LogP contribution in [0.25, 0.3) is 0 Å². The molecule has 1 aliphatic heterocycles. The first kappa shape index (κ1) is 25.1. The summed E-state index contributed by atoms with van der Waals surface area (Å²) in [7, 11) is -2.91. The number of halogens is 2. The summed E-state index contributed by atoms with van der Waals surface area (Å²) >= 11 is 0. The van der Waals surface area contributed by atoms with Gasteiger partial charge in [-0.05, 0) is 53.8 Å². The summed E-state index contributed by atoms with van der Waals surface area (Å²) in [6.45, 7) is 4.20. The predicted octanol–water partition coefficient (Wildman–Crippen LogP) is 4.05. The molecule has 2 aromatic rings. The third kappa shape index (κ3) is 6.75. The molecule has 3 rings (SSSR count). The Morgan fingerprint density at radius 3 is 2.64 bits per heavy atom. The molecule has 0 bridgehead atoms. The molecule has 2 N–H and O–H groups in total. The van der Waals surface area contributed by atoms with Gasteiger partial charge in [-0.3, -0.25) is 9.52 Å². The first-order chi connectivity index (χ1) is 15.5.